The van der Waals surface area contributed by atoms with E-state index in [0.29, 0.717) is 35.3 Å². The number of ether oxygens (including phenoxy) is 2. The van der Waals surface area contributed by atoms with Gasteiger partial charge in [0.1, 0.15) is 30.5 Å². The molecule has 0 fully saturated rings. The highest BCUT2D eigenvalue weighted by Crippen LogP contribution is 2.36. The minimum Gasteiger partial charge on any atom is -0.495 e. The van der Waals surface area contributed by atoms with Gasteiger partial charge in [-0.25, -0.2) is 4.68 Å². The number of nitrogens with zero attached hydrogens (tertiary/aromatic N) is 3. The lowest BCUT2D eigenvalue weighted by Crippen LogP contribution is -2.31. The Kier molecular flexibility index (Phi) is 6.40. The lowest BCUT2D eigenvalue weighted by atomic mass is 9.95. The van der Waals surface area contributed by atoms with Crippen molar-refractivity contribution in [2.45, 2.75) is 26.5 Å². The van der Waals surface area contributed by atoms with Crippen molar-refractivity contribution in [3.05, 3.63) is 107 Å². The van der Waals surface area contributed by atoms with Crippen LogP contribution in [0.1, 0.15) is 29.7 Å². The zero-order chi connectivity index (χ0) is 25.1. The van der Waals surface area contributed by atoms with Crippen molar-refractivity contribution in [3.8, 4) is 11.5 Å². The summed E-state index contributed by atoms with van der Waals surface area (Å²) in [6.45, 7) is 4.42. The first-order valence-electron chi connectivity index (χ1n) is 11.6. The Morgan fingerprint density at radius 2 is 1.78 bits per heavy atom. The third-order valence-corrected chi connectivity index (χ3v) is 6.25. The second-order valence-electron chi connectivity index (χ2n) is 8.53. The molecule has 1 aliphatic rings. The van der Waals surface area contributed by atoms with Crippen LogP contribution in [0.25, 0.3) is 0 Å². The summed E-state index contributed by atoms with van der Waals surface area (Å²) in [5.74, 6) is 1.65. The number of nitrogens with one attached hydrogen (secondary N) is 2. The Hall–Kier alpha value is -4.59. The summed E-state index contributed by atoms with van der Waals surface area (Å²) in [5, 5.41) is 10.6. The molecule has 0 aliphatic carbocycles. The number of hydrogen-bond acceptors (Lipinski definition) is 6. The van der Waals surface area contributed by atoms with E-state index in [1.54, 1.807) is 23.9 Å². The molecule has 1 amide bonds. The average molecular weight is 482 g/mol. The Morgan fingerprint density at radius 1 is 1.03 bits per heavy atom. The molecule has 8 nitrogen and oxygen atoms in total. The number of allylic oxidation sites excluding steroid dienone is 1. The van der Waals surface area contributed by atoms with E-state index in [4.69, 9.17) is 9.47 Å². The zero-order valence-corrected chi connectivity index (χ0v) is 20.4. The molecule has 2 N–H and O–H groups in total. The Labute approximate surface area is 209 Å². The van der Waals surface area contributed by atoms with Gasteiger partial charge < -0.3 is 20.1 Å². The molecule has 2 heterocycles. The van der Waals surface area contributed by atoms with Crippen LogP contribution in [0.4, 0.5) is 11.6 Å². The highest BCUT2D eigenvalue weighted by Gasteiger charge is 2.33. The number of benzene rings is 3. The molecular weight excluding hydrogens is 454 g/mol. The van der Waals surface area contributed by atoms with Crippen LogP contribution >= 0.6 is 0 Å². The minimum absolute atomic E-state index is 0.254. The predicted octanol–water partition coefficient (Wildman–Crippen LogP) is 5.10. The predicted molar refractivity (Wildman–Crippen MR) is 138 cm³/mol. The number of aryl methyl sites for hydroxylation is 1. The molecule has 0 bridgehead atoms. The number of rotatable bonds is 7. The SMILES string of the molecule is COc1ccccc1NC(=O)C1=C(C)Nc2ncnn2C1c1ccc(OCc2ccccc2C)cc1. The van der Waals surface area contributed by atoms with Crippen LogP contribution in [-0.2, 0) is 11.4 Å². The molecule has 0 radical (unpaired) electrons. The second-order valence-corrected chi connectivity index (χ2v) is 8.53. The third-order valence-electron chi connectivity index (χ3n) is 6.25. The summed E-state index contributed by atoms with van der Waals surface area (Å²) in [4.78, 5) is 17.9. The van der Waals surface area contributed by atoms with Crippen LogP contribution in [0.3, 0.4) is 0 Å². The Bertz CT molecular complexity index is 1430. The van der Waals surface area contributed by atoms with Crippen molar-refractivity contribution < 1.29 is 14.3 Å². The fraction of sp³-hybridized carbons (Fsp3) is 0.179. The van der Waals surface area contributed by atoms with Gasteiger partial charge >= 0.3 is 0 Å². The molecule has 182 valence electrons. The largest absolute Gasteiger partial charge is 0.495 e. The van der Waals surface area contributed by atoms with Crippen LogP contribution in [0.2, 0.25) is 0 Å². The van der Waals surface area contributed by atoms with Gasteiger partial charge in [-0.15, -0.1) is 0 Å². The Morgan fingerprint density at radius 3 is 2.56 bits per heavy atom. The van der Waals surface area contributed by atoms with E-state index in [9.17, 15) is 4.79 Å². The number of amides is 1. The summed E-state index contributed by atoms with van der Waals surface area (Å²) >= 11 is 0. The number of anilines is 2. The molecule has 3 aromatic carbocycles. The summed E-state index contributed by atoms with van der Waals surface area (Å²) in [6, 6.07) is 22.7. The summed E-state index contributed by atoms with van der Waals surface area (Å²) < 4.78 is 13.1. The molecule has 8 heteroatoms. The fourth-order valence-electron chi connectivity index (χ4n) is 4.31. The van der Waals surface area contributed by atoms with E-state index >= 15 is 0 Å². The van der Waals surface area contributed by atoms with Crippen molar-refractivity contribution in [2.24, 2.45) is 0 Å². The standard InChI is InChI=1S/C28H27N5O3/c1-18-8-4-5-9-21(18)16-36-22-14-12-20(13-15-22)26-25(19(2)31-28-29-17-30-33(26)28)27(34)32-23-10-6-7-11-24(23)35-3/h4-15,17,26H,16H2,1-3H3,(H,32,34)(H,29,30,31). The van der Waals surface area contributed by atoms with Crippen LogP contribution < -0.4 is 20.1 Å². The summed E-state index contributed by atoms with van der Waals surface area (Å²) in [5.41, 5.74) is 5.04. The van der Waals surface area contributed by atoms with Gasteiger partial charge in [0.15, 0.2) is 0 Å². The normalized spacial score (nSPS) is 14.6. The maximum atomic E-state index is 13.6. The van der Waals surface area contributed by atoms with Gasteiger partial charge in [0.2, 0.25) is 5.95 Å². The van der Waals surface area contributed by atoms with Gasteiger partial charge in [0, 0.05) is 5.70 Å². The first-order valence-corrected chi connectivity index (χ1v) is 11.6. The van der Waals surface area contributed by atoms with Crippen LogP contribution in [-0.4, -0.2) is 27.8 Å². The maximum Gasteiger partial charge on any atom is 0.255 e. The molecule has 4 aromatic rings. The molecule has 1 aliphatic heterocycles. The molecule has 5 rings (SSSR count). The van der Waals surface area contributed by atoms with E-state index in [-0.39, 0.29) is 5.91 Å². The van der Waals surface area contributed by atoms with Gasteiger partial charge in [-0.1, -0.05) is 48.5 Å². The minimum atomic E-state index is -0.469. The molecule has 0 saturated carbocycles. The average Bonchev–Trinajstić information content (AvgIpc) is 3.36. The Balaban J connectivity index is 1.42. The lowest BCUT2D eigenvalue weighted by Gasteiger charge is -2.29. The molecule has 1 unspecified atom stereocenters. The second kappa shape index (κ2) is 9.95. The van der Waals surface area contributed by atoms with Gasteiger partial charge in [-0.3, -0.25) is 4.79 Å². The van der Waals surface area contributed by atoms with Gasteiger partial charge in [-0.05, 0) is 54.8 Å². The van der Waals surface area contributed by atoms with Crippen molar-refractivity contribution in [2.75, 3.05) is 17.7 Å². The van der Waals surface area contributed by atoms with Gasteiger partial charge in [-0.2, -0.15) is 10.1 Å². The maximum absolute atomic E-state index is 13.6. The lowest BCUT2D eigenvalue weighted by molar-refractivity contribution is -0.113. The molecule has 1 atom stereocenters. The van der Waals surface area contributed by atoms with E-state index in [1.807, 2.05) is 55.5 Å². The number of fused-ring (bicyclic) bond motifs is 1. The van der Waals surface area contributed by atoms with Crippen molar-refractivity contribution in [3.63, 3.8) is 0 Å². The number of carbonyl (C=O) groups is 1. The number of aromatic nitrogens is 3. The summed E-state index contributed by atoms with van der Waals surface area (Å²) in [7, 11) is 1.57. The zero-order valence-electron chi connectivity index (χ0n) is 20.4. The van der Waals surface area contributed by atoms with E-state index in [0.717, 1.165) is 16.9 Å². The first-order chi connectivity index (χ1) is 17.5. The van der Waals surface area contributed by atoms with Crippen molar-refractivity contribution >= 4 is 17.5 Å². The van der Waals surface area contributed by atoms with Gasteiger partial charge in [0.25, 0.3) is 5.91 Å². The van der Waals surface area contributed by atoms with Crippen LogP contribution in [0, 0.1) is 6.92 Å². The fourth-order valence-corrected chi connectivity index (χ4v) is 4.31. The smallest absolute Gasteiger partial charge is 0.255 e. The molecular formula is C28H27N5O3. The number of para-hydroxylation sites is 2. The topological polar surface area (TPSA) is 90.3 Å². The number of carbonyl (C=O) groups excluding carboxylic acids is 1. The quantitative estimate of drug-likeness (QED) is 0.382. The van der Waals surface area contributed by atoms with E-state index in [2.05, 4.69) is 39.8 Å². The molecule has 0 saturated heterocycles. The summed E-state index contributed by atoms with van der Waals surface area (Å²) in [6.07, 6.45) is 1.48. The first kappa shape index (κ1) is 23.2. The third kappa shape index (κ3) is 4.53. The highest BCUT2D eigenvalue weighted by molar-refractivity contribution is 6.06. The molecule has 0 spiro atoms. The van der Waals surface area contributed by atoms with Crippen molar-refractivity contribution in [1.82, 2.24) is 14.8 Å². The highest BCUT2D eigenvalue weighted by atomic mass is 16.5. The van der Waals surface area contributed by atoms with Crippen LogP contribution in [0.15, 0.2) is 90.4 Å². The molecule has 1 aromatic heterocycles. The van der Waals surface area contributed by atoms with Gasteiger partial charge in [0.05, 0.1) is 18.4 Å². The monoisotopic (exact) mass is 481 g/mol. The number of hydrogen-bond donors (Lipinski definition) is 2. The van der Waals surface area contributed by atoms with E-state index in [1.165, 1.54) is 11.9 Å². The number of methoxy groups -OCH3 is 1. The van der Waals surface area contributed by atoms with Crippen molar-refractivity contribution in [1.29, 1.82) is 0 Å². The van der Waals surface area contributed by atoms with Crippen LogP contribution in [0.5, 0.6) is 11.5 Å². The van der Waals surface area contributed by atoms with E-state index < -0.39 is 6.04 Å². The molecule has 36 heavy (non-hydrogen) atoms.